The maximum Gasteiger partial charge on any atom is 0.182 e. The Hall–Kier alpha value is -2.99. The molecular weight excluding hydrogens is 394 g/mol. The number of fused-ring (bicyclic) bond motifs is 1. The van der Waals surface area contributed by atoms with Crippen molar-refractivity contribution in [3.05, 3.63) is 58.1 Å². The second-order valence-corrected chi connectivity index (χ2v) is 8.66. The quantitative estimate of drug-likeness (QED) is 0.363. The molecule has 0 atom stereocenters. The van der Waals surface area contributed by atoms with Gasteiger partial charge in [0.05, 0.1) is 5.69 Å². The van der Waals surface area contributed by atoms with Gasteiger partial charge in [-0.2, -0.15) is 0 Å². The highest BCUT2D eigenvalue weighted by Crippen LogP contribution is 2.48. The van der Waals surface area contributed by atoms with Gasteiger partial charge in [-0.05, 0) is 79.7 Å². The summed E-state index contributed by atoms with van der Waals surface area (Å²) in [5.74, 6) is 0.596. The molecule has 0 bridgehead atoms. The lowest BCUT2D eigenvalue weighted by Gasteiger charge is -2.14. The predicted octanol–water partition coefficient (Wildman–Crippen LogP) is 5.85. The molecule has 0 saturated heterocycles. The zero-order valence-corrected chi connectivity index (χ0v) is 18.2. The van der Waals surface area contributed by atoms with Gasteiger partial charge in [-0.3, -0.25) is 4.57 Å². The molecule has 0 radical (unpaired) electrons. The van der Waals surface area contributed by atoms with Gasteiger partial charge < -0.3 is 19.8 Å². The van der Waals surface area contributed by atoms with Crippen LogP contribution in [0.4, 0.5) is 0 Å². The number of imidazole rings is 1. The van der Waals surface area contributed by atoms with Gasteiger partial charge in [0.15, 0.2) is 4.77 Å². The number of phenolic OH excluding ortho intramolecular Hbond substituents is 2. The largest absolute Gasteiger partial charge is 0.508 e. The number of H-pyrrole nitrogens is 1. The van der Waals surface area contributed by atoms with E-state index in [0.29, 0.717) is 16.3 Å². The van der Waals surface area contributed by atoms with Crippen molar-refractivity contribution in [3.8, 4) is 28.4 Å². The van der Waals surface area contributed by atoms with Crippen LogP contribution in [0.2, 0.25) is 0 Å². The second-order valence-electron chi connectivity index (χ2n) is 8.27. The summed E-state index contributed by atoms with van der Waals surface area (Å²) in [5, 5.41) is 22.3. The molecule has 0 aliphatic heterocycles. The van der Waals surface area contributed by atoms with E-state index in [1.165, 1.54) is 22.5 Å². The third kappa shape index (κ3) is 2.86. The third-order valence-electron chi connectivity index (χ3n) is 6.17. The van der Waals surface area contributed by atoms with Crippen molar-refractivity contribution in [2.75, 3.05) is 0 Å². The fourth-order valence-corrected chi connectivity index (χ4v) is 4.81. The van der Waals surface area contributed by atoms with Gasteiger partial charge in [0.2, 0.25) is 0 Å². The average molecular weight is 420 g/mol. The highest BCUT2D eigenvalue weighted by atomic mass is 32.1. The van der Waals surface area contributed by atoms with E-state index in [-0.39, 0.29) is 11.5 Å². The molecule has 2 aromatic carbocycles. The van der Waals surface area contributed by atoms with Crippen LogP contribution >= 0.6 is 12.2 Å². The smallest absolute Gasteiger partial charge is 0.182 e. The Balaban J connectivity index is 1.78. The van der Waals surface area contributed by atoms with Crippen LogP contribution in [0.5, 0.6) is 11.5 Å². The molecule has 30 heavy (non-hydrogen) atoms. The molecule has 1 aliphatic carbocycles. The lowest BCUT2D eigenvalue weighted by molar-refractivity contribution is 0.447. The minimum absolute atomic E-state index is 0.0614. The van der Waals surface area contributed by atoms with Crippen molar-refractivity contribution in [1.29, 1.82) is 0 Å². The molecule has 1 aliphatic rings. The van der Waals surface area contributed by atoms with Crippen LogP contribution in [-0.2, 0) is 13.5 Å². The first-order valence-corrected chi connectivity index (χ1v) is 10.8. The molecular formula is C24H25N3O2S. The fraction of sp³-hybridized carbons (Fsp3) is 0.292. The van der Waals surface area contributed by atoms with Gasteiger partial charge in [-0.1, -0.05) is 6.92 Å². The van der Waals surface area contributed by atoms with Crippen molar-refractivity contribution in [2.24, 2.45) is 7.05 Å². The molecule has 1 fully saturated rings. The average Bonchev–Trinajstić information content (AvgIpc) is 3.44. The molecule has 2 aromatic heterocycles. The first-order chi connectivity index (χ1) is 14.4. The van der Waals surface area contributed by atoms with E-state index in [0.717, 1.165) is 41.9 Å². The Morgan fingerprint density at radius 1 is 1.13 bits per heavy atom. The maximum absolute atomic E-state index is 10.8. The van der Waals surface area contributed by atoms with Crippen LogP contribution in [0, 0.1) is 11.7 Å². The molecule has 154 valence electrons. The highest BCUT2D eigenvalue weighted by Gasteiger charge is 2.29. The van der Waals surface area contributed by atoms with Crippen LogP contribution in [0.1, 0.15) is 42.5 Å². The topological polar surface area (TPSA) is 66.1 Å². The van der Waals surface area contributed by atoms with E-state index in [9.17, 15) is 10.2 Å². The van der Waals surface area contributed by atoms with E-state index >= 15 is 0 Å². The minimum Gasteiger partial charge on any atom is -0.508 e. The van der Waals surface area contributed by atoms with E-state index < -0.39 is 0 Å². The SMILES string of the molecule is CCc1[nH]c(=S)n(-c2ccc3c(c2)c(C)cn3C)c1-c1cc(C2CC2)c(O)cc1O. The second kappa shape index (κ2) is 6.77. The first-order valence-electron chi connectivity index (χ1n) is 10.3. The predicted molar refractivity (Wildman–Crippen MR) is 122 cm³/mol. The molecule has 1 saturated carbocycles. The molecule has 6 heteroatoms. The first kappa shape index (κ1) is 19.0. The van der Waals surface area contributed by atoms with Gasteiger partial charge in [-0.15, -0.1) is 0 Å². The van der Waals surface area contributed by atoms with E-state index in [2.05, 4.69) is 47.8 Å². The number of nitrogens with one attached hydrogen (secondary N) is 1. The summed E-state index contributed by atoms with van der Waals surface area (Å²) in [7, 11) is 2.05. The van der Waals surface area contributed by atoms with Gasteiger partial charge in [0.1, 0.15) is 11.5 Å². The number of benzene rings is 2. The standard InChI is InChI=1S/C24H25N3O2S/c1-4-19-23(18-10-17(14-5-6-14)21(28)11-22(18)29)27(24(30)25-19)15-7-8-20-16(9-15)13(2)12-26(20)3/h7-12,14,28-29H,4-6H2,1-3H3,(H,25,30). The molecule has 3 N–H and O–H groups in total. The third-order valence-corrected chi connectivity index (χ3v) is 6.46. The lowest BCUT2D eigenvalue weighted by Crippen LogP contribution is -2.00. The van der Waals surface area contributed by atoms with Crippen LogP contribution in [0.15, 0.2) is 36.5 Å². The summed E-state index contributed by atoms with van der Waals surface area (Å²) in [5.41, 5.74) is 6.74. The van der Waals surface area contributed by atoms with E-state index in [1.807, 2.05) is 17.7 Å². The Labute approximate surface area is 180 Å². The summed E-state index contributed by atoms with van der Waals surface area (Å²) < 4.78 is 4.72. The van der Waals surface area contributed by atoms with Gasteiger partial charge in [0.25, 0.3) is 0 Å². The Morgan fingerprint density at radius 3 is 2.60 bits per heavy atom. The van der Waals surface area contributed by atoms with Crippen molar-refractivity contribution >= 4 is 23.1 Å². The van der Waals surface area contributed by atoms with Gasteiger partial charge in [0, 0.05) is 47.2 Å². The minimum atomic E-state index is 0.0614. The summed E-state index contributed by atoms with van der Waals surface area (Å²) in [4.78, 5) is 3.33. The maximum atomic E-state index is 10.8. The monoisotopic (exact) mass is 419 g/mol. The number of aromatic amines is 1. The van der Waals surface area contributed by atoms with Crippen LogP contribution in [0.25, 0.3) is 27.8 Å². The Morgan fingerprint density at radius 2 is 1.90 bits per heavy atom. The number of hydrogen-bond donors (Lipinski definition) is 3. The Kier molecular flexibility index (Phi) is 4.29. The molecule has 0 spiro atoms. The molecule has 4 aromatic rings. The normalized spacial score (nSPS) is 14.0. The molecule has 2 heterocycles. The van der Waals surface area contributed by atoms with Crippen LogP contribution in [-0.4, -0.2) is 24.3 Å². The van der Waals surface area contributed by atoms with E-state index in [1.54, 1.807) is 0 Å². The van der Waals surface area contributed by atoms with Gasteiger partial charge in [-0.25, -0.2) is 0 Å². The summed E-state index contributed by atoms with van der Waals surface area (Å²) in [6.45, 7) is 4.17. The lowest BCUT2D eigenvalue weighted by atomic mass is 10.0. The number of phenols is 2. The van der Waals surface area contributed by atoms with Crippen molar-refractivity contribution < 1.29 is 10.2 Å². The summed E-state index contributed by atoms with van der Waals surface area (Å²) >= 11 is 5.71. The number of aryl methyl sites for hydroxylation is 3. The van der Waals surface area contributed by atoms with E-state index in [4.69, 9.17) is 12.2 Å². The zero-order valence-electron chi connectivity index (χ0n) is 17.4. The summed E-state index contributed by atoms with van der Waals surface area (Å²) in [6.07, 6.45) is 5.01. The fourth-order valence-electron chi connectivity index (χ4n) is 4.49. The highest BCUT2D eigenvalue weighted by molar-refractivity contribution is 7.71. The number of nitrogens with zero attached hydrogens (tertiary/aromatic N) is 2. The molecule has 5 nitrogen and oxygen atoms in total. The van der Waals surface area contributed by atoms with Crippen LogP contribution < -0.4 is 0 Å². The number of rotatable bonds is 4. The number of hydrogen-bond acceptors (Lipinski definition) is 3. The van der Waals surface area contributed by atoms with Crippen molar-refractivity contribution in [1.82, 2.24) is 14.1 Å². The molecule has 5 rings (SSSR count). The van der Waals surface area contributed by atoms with Crippen molar-refractivity contribution in [3.63, 3.8) is 0 Å². The molecule has 0 amide bonds. The number of aromatic hydroxyl groups is 2. The zero-order chi connectivity index (χ0) is 21.2. The van der Waals surface area contributed by atoms with Crippen LogP contribution in [0.3, 0.4) is 0 Å². The number of aromatic nitrogens is 3. The summed E-state index contributed by atoms with van der Waals surface area (Å²) in [6, 6.07) is 9.72. The molecule has 0 unspecified atom stereocenters. The van der Waals surface area contributed by atoms with Gasteiger partial charge >= 0.3 is 0 Å². The van der Waals surface area contributed by atoms with Crippen molar-refractivity contribution in [2.45, 2.75) is 39.0 Å². The Bertz CT molecular complexity index is 1360.